The summed E-state index contributed by atoms with van der Waals surface area (Å²) in [6, 6.07) is 0. The molecule has 4 saturated carbocycles. The van der Waals surface area contributed by atoms with Crippen molar-refractivity contribution >= 4 is 11.8 Å². The number of carboxylic acid groups (broad SMARTS) is 1. The average molecular weight is 403 g/mol. The second kappa shape index (κ2) is 6.08. The van der Waals surface area contributed by atoms with Crippen molar-refractivity contribution < 1.29 is 19.4 Å². The first kappa shape index (κ1) is 20.0. The summed E-state index contributed by atoms with van der Waals surface area (Å²) in [4.78, 5) is 26.2. The van der Waals surface area contributed by atoms with E-state index in [9.17, 15) is 14.7 Å². The molecule has 1 N–H and O–H groups in total. The molecule has 0 radical (unpaired) electrons. The van der Waals surface area contributed by atoms with Crippen LogP contribution in [-0.2, 0) is 14.3 Å². The lowest BCUT2D eigenvalue weighted by atomic mass is 9.34. The molecule has 5 rings (SSSR count). The Labute approximate surface area is 175 Å². The van der Waals surface area contributed by atoms with Crippen LogP contribution >= 0.6 is 0 Å². The first-order chi connectivity index (χ1) is 13.6. The normalized spacial score (nSPS) is 56.7. The summed E-state index contributed by atoms with van der Waals surface area (Å²) in [5.74, 6) is 0.455. The van der Waals surface area contributed by atoms with Crippen molar-refractivity contribution in [3.8, 4) is 0 Å². The molecule has 162 valence electrons. The Bertz CT molecular complexity index is 733. The summed E-state index contributed by atoms with van der Waals surface area (Å²) in [6.45, 7) is 10.5. The Morgan fingerprint density at radius 3 is 2.52 bits per heavy atom. The Kier molecular flexibility index (Phi) is 4.20. The number of rotatable bonds is 1. The number of ketones is 1. The summed E-state index contributed by atoms with van der Waals surface area (Å²) in [7, 11) is 0. The molecule has 1 aliphatic heterocycles. The highest BCUT2D eigenvalue weighted by atomic mass is 16.5. The molecule has 9 atom stereocenters. The highest BCUT2D eigenvalue weighted by Gasteiger charge is 2.71. The molecule has 5 aliphatic rings. The molecule has 4 aliphatic carbocycles. The zero-order valence-corrected chi connectivity index (χ0v) is 18.6. The average Bonchev–Trinajstić information content (AvgIpc) is 2.64. The summed E-state index contributed by atoms with van der Waals surface area (Å²) in [5, 5.41) is 10.1. The van der Waals surface area contributed by atoms with Gasteiger partial charge in [0.1, 0.15) is 5.78 Å². The van der Waals surface area contributed by atoms with Crippen LogP contribution in [0, 0.1) is 51.2 Å². The minimum Gasteiger partial charge on any atom is -0.481 e. The van der Waals surface area contributed by atoms with Crippen molar-refractivity contribution in [1.82, 2.24) is 0 Å². The van der Waals surface area contributed by atoms with Crippen LogP contribution in [0.1, 0.15) is 79.1 Å². The summed E-state index contributed by atoms with van der Waals surface area (Å²) in [6.07, 6.45) is 8.55. The molecule has 0 aromatic carbocycles. The number of carbonyl (C=O) groups excluding carboxylic acids is 1. The third kappa shape index (κ3) is 2.25. The molecular formula is C25H38O4. The van der Waals surface area contributed by atoms with Gasteiger partial charge in [0.2, 0.25) is 0 Å². The van der Waals surface area contributed by atoms with Crippen LogP contribution in [0.3, 0.4) is 0 Å². The predicted molar refractivity (Wildman–Crippen MR) is 110 cm³/mol. The van der Waals surface area contributed by atoms with E-state index in [2.05, 4.69) is 13.8 Å². The Balaban J connectivity index is 1.61. The Morgan fingerprint density at radius 1 is 1.03 bits per heavy atom. The molecule has 0 amide bonds. The van der Waals surface area contributed by atoms with Gasteiger partial charge < -0.3 is 9.84 Å². The largest absolute Gasteiger partial charge is 0.481 e. The smallest absolute Gasteiger partial charge is 0.307 e. The van der Waals surface area contributed by atoms with E-state index in [4.69, 9.17) is 4.74 Å². The van der Waals surface area contributed by atoms with Gasteiger partial charge in [-0.05, 0) is 73.0 Å². The van der Waals surface area contributed by atoms with Crippen molar-refractivity contribution in [2.24, 2.45) is 51.2 Å². The van der Waals surface area contributed by atoms with Gasteiger partial charge in [-0.3, -0.25) is 9.59 Å². The van der Waals surface area contributed by atoms with Crippen LogP contribution in [-0.4, -0.2) is 30.1 Å². The summed E-state index contributed by atoms with van der Waals surface area (Å²) in [5.41, 5.74) is -0.560. The van der Waals surface area contributed by atoms with E-state index in [0.29, 0.717) is 24.2 Å². The fourth-order valence-corrected chi connectivity index (χ4v) is 9.77. The third-order valence-corrected chi connectivity index (χ3v) is 11.3. The molecule has 29 heavy (non-hydrogen) atoms. The SMILES string of the molecule is CC1CCC2(C)C3CCC4C5(C)CCCC4(COC5)C3CC(=O)C2(C)C1C(=O)O. The van der Waals surface area contributed by atoms with E-state index in [1.165, 1.54) is 25.7 Å². The molecule has 5 fully saturated rings. The lowest BCUT2D eigenvalue weighted by Gasteiger charge is -2.70. The van der Waals surface area contributed by atoms with Crippen LogP contribution in [0.4, 0.5) is 0 Å². The predicted octanol–water partition coefficient (Wildman–Crippen LogP) is 4.95. The van der Waals surface area contributed by atoms with Crippen LogP contribution < -0.4 is 0 Å². The number of hydrogen-bond acceptors (Lipinski definition) is 3. The van der Waals surface area contributed by atoms with Gasteiger partial charge in [-0.1, -0.05) is 34.1 Å². The first-order valence-electron chi connectivity index (χ1n) is 11.9. The van der Waals surface area contributed by atoms with Crippen LogP contribution in [0.2, 0.25) is 0 Å². The van der Waals surface area contributed by atoms with E-state index in [0.717, 1.165) is 32.5 Å². The molecule has 1 heterocycles. The highest BCUT2D eigenvalue weighted by Crippen LogP contribution is 2.73. The third-order valence-electron chi connectivity index (χ3n) is 11.3. The molecular weight excluding hydrogens is 364 g/mol. The maximum atomic E-state index is 13.9. The molecule has 2 bridgehead atoms. The Morgan fingerprint density at radius 2 is 1.79 bits per heavy atom. The van der Waals surface area contributed by atoms with Crippen molar-refractivity contribution in [2.75, 3.05) is 13.2 Å². The summed E-state index contributed by atoms with van der Waals surface area (Å²) < 4.78 is 6.25. The lowest BCUT2D eigenvalue weighted by Crippen LogP contribution is -2.69. The number of hydrogen-bond donors (Lipinski definition) is 1. The molecule has 4 heteroatoms. The van der Waals surface area contributed by atoms with Crippen molar-refractivity contribution in [2.45, 2.75) is 79.1 Å². The minimum absolute atomic E-state index is 0.0663. The van der Waals surface area contributed by atoms with E-state index in [1.807, 2.05) is 13.8 Å². The quantitative estimate of drug-likeness (QED) is 0.674. The van der Waals surface area contributed by atoms with Crippen molar-refractivity contribution in [1.29, 1.82) is 0 Å². The summed E-state index contributed by atoms with van der Waals surface area (Å²) >= 11 is 0. The van der Waals surface area contributed by atoms with Gasteiger partial charge in [0, 0.05) is 17.3 Å². The second-order valence-electron chi connectivity index (χ2n) is 12.2. The van der Waals surface area contributed by atoms with Gasteiger partial charge in [-0.25, -0.2) is 0 Å². The van der Waals surface area contributed by atoms with Crippen LogP contribution in [0.25, 0.3) is 0 Å². The van der Waals surface area contributed by atoms with Crippen LogP contribution in [0.5, 0.6) is 0 Å². The topological polar surface area (TPSA) is 63.6 Å². The van der Waals surface area contributed by atoms with Crippen LogP contribution in [0.15, 0.2) is 0 Å². The van der Waals surface area contributed by atoms with Gasteiger partial charge in [-0.15, -0.1) is 0 Å². The molecule has 0 aromatic rings. The molecule has 9 unspecified atom stereocenters. The van der Waals surface area contributed by atoms with Gasteiger partial charge in [0.25, 0.3) is 0 Å². The lowest BCUT2D eigenvalue weighted by molar-refractivity contribution is -0.253. The number of aliphatic carboxylic acids is 1. The highest BCUT2D eigenvalue weighted by molar-refractivity contribution is 5.92. The second-order valence-corrected chi connectivity index (χ2v) is 12.2. The zero-order chi connectivity index (χ0) is 20.8. The van der Waals surface area contributed by atoms with Crippen molar-refractivity contribution in [3.63, 3.8) is 0 Å². The fourth-order valence-electron chi connectivity index (χ4n) is 9.77. The van der Waals surface area contributed by atoms with Gasteiger partial charge in [0.15, 0.2) is 0 Å². The van der Waals surface area contributed by atoms with E-state index >= 15 is 0 Å². The standard InChI is InChI=1S/C25H38O4/c1-15-8-11-23(3)16-6-7-18-22(2)9-5-10-25(18,14-29-13-22)17(16)12-19(26)24(23,4)20(15)21(27)28/h15-18,20H,5-14H2,1-4H3,(H,27,28). The molecule has 0 spiro atoms. The van der Waals surface area contributed by atoms with Gasteiger partial charge in [-0.2, -0.15) is 0 Å². The Hall–Kier alpha value is -0.900. The first-order valence-corrected chi connectivity index (χ1v) is 11.9. The minimum atomic E-state index is -0.768. The van der Waals surface area contributed by atoms with Crippen molar-refractivity contribution in [3.05, 3.63) is 0 Å². The number of ether oxygens (including phenoxy) is 1. The maximum Gasteiger partial charge on any atom is 0.307 e. The molecule has 0 aromatic heterocycles. The maximum absolute atomic E-state index is 13.9. The van der Waals surface area contributed by atoms with Gasteiger partial charge in [0.05, 0.1) is 19.1 Å². The van der Waals surface area contributed by atoms with Gasteiger partial charge >= 0.3 is 5.97 Å². The number of carbonyl (C=O) groups is 2. The van der Waals surface area contributed by atoms with E-state index in [1.54, 1.807) is 0 Å². The number of Topliss-reactive ketones (excluding diaryl/α,β-unsaturated/α-hetero) is 1. The molecule has 4 nitrogen and oxygen atoms in total. The molecule has 1 saturated heterocycles. The monoisotopic (exact) mass is 402 g/mol. The van der Waals surface area contributed by atoms with E-state index < -0.39 is 17.3 Å². The number of carboxylic acids is 1. The van der Waals surface area contributed by atoms with E-state index in [-0.39, 0.29) is 27.9 Å². The zero-order valence-electron chi connectivity index (χ0n) is 18.6. The fraction of sp³-hybridized carbons (Fsp3) is 0.920. The number of fused-ring (bicyclic) bond motifs is 3.